The van der Waals surface area contributed by atoms with Gasteiger partial charge in [-0.05, 0) is 25.5 Å². The summed E-state index contributed by atoms with van der Waals surface area (Å²) in [7, 11) is 0. The van der Waals surface area contributed by atoms with Crippen LogP contribution in [0.15, 0.2) is 18.2 Å². The summed E-state index contributed by atoms with van der Waals surface area (Å²) in [6, 6.07) is 5.64. The maximum Gasteiger partial charge on any atom is 0.104 e. The van der Waals surface area contributed by atoms with Gasteiger partial charge in [-0.2, -0.15) is 0 Å². The number of ether oxygens (including phenoxy) is 1. The number of morpholine rings is 1. The van der Waals surface area contributed by atoms with E-state index in [2.05, 4.69) is 4.90 Å². The van der Waals surface area contributed by atoms with E-state index >= 15 is 0 Å². The van der Waals surface area contributed by atoms with E-state index in [9.17, 15) is 5.11 Å². The molecule has 4 nitrogen and oxygen atoms in total. The van der Waals surface area contributed by atoms with Crippen LogP contribution in [0.1, 0.15) is 25.0 Å². The Morgan fingerprint density at radius 2 is 2.29 bits per heavy atom. The van der Waals surface area contributed by atoms with Gasteiger partial charge in [0, 0.05) is 30.2 Å². The minimum atomic E-state index is -0.281. The van der Waals surface area contributed by atoms with Gasteiger partial charge in [0.2, 0.25) is 0 Å². The number of benzene rings is 1. The number of hydrogen-bond acceptors (Lipinski definition) is 4. The van der Waals surface area contributed by atoms with Crippen LogP contribution in [0.2, 0.25) is 5.02 Å². The smallest absolute Gasteiger partial charge is 0.104 e. The standard InChI is InChI=1S/C15H21ClN2O2S/c1-15(2)9-18(7-12(8-19)20-15)6-11-4-3-10(14(17)21)5-13(11)16/h3-5,12,19H,6-9H2,1-2H3,(H2,17,21). The molecular weight excluding hydrogens is 308 g/mol. The molecule has 1 fully saturated rings. The maximum absolute atomic E-state index is 9.35. The van der Waals surface area contributed by atoms with Crippen LogP contribution in [0, 0.1) is 0 Å². The van der Waals surface area contributed by atoms with Crippen molar-refractivity contribution in [1.82, 2.24) is 4.90 Å². The summed E-state index contributed by atoms with van der Waals surface area (Å²) in [6.07, 6.45) is -0.164. The molecule has 0 aromatic heterocycles. The highest BCUT2D eigenvalue weighted by atomic mass is 35.5. The molecule has 1 aliphatic heterocycles. The molecule has 1 unspecified atom stereocenters. The second-order valence-electron chi connectivity index (χ2n) is 6.02. The van der Waals surface area contributed by atoms with Crippen LogP contribution in [0.3, 0.4) is 0 Å². The number of nitrogens with zero attached hydrogens (tertiary/aromatic N) is 1. The zero-order valence-electron chi connectivity index (χ0n) is 12.3. The van der Waals surface area contributed by atoms with Crippen LogP contribution in [0.25, 0.3) is 0 Å². The zero-order valence-corrected chi connectivity index (χ0v) is 13.9. The van der Waals surface area contributed by atoms with Crippen molar-refractivity contribution in [2.75, 3.05) is 19.7 Å². The number of aliphatic hydroxyl groups excluding tert-OH is 1. The number of halogens is 1. The Kier molecular flexibility index (Phi) is 5.22. The molecule has 1 saturated heterocycles. The van der Waals surface area contributed by atoms with Gasteiger partial charge in [0.25, 0.3) is 0 Å². The van der Waals surface area contributed by atoms with Crippen LogP contribution in [-0.2, 0) is 11.3 Å². The molecule has 6 heteroatoms. The van der Waals surface area contributed by atoms with E-state index in [0.717, 1.165) is 17.7 Å². The maximum atomic E-state index is 9.35. The van der Waals surface area contributed by atoms with Gasteiger partial charge in [-0.3, -0.25) is 4.90 Å². The Morgan fingerprint density at radius 3 is 2.86 bits per heavy atom. The highest BCUT2D eigenvalue weighted by Crippen LogP contribution is 2.25. The predicted molar refractivity (Wildman–Crippen MR) is 88.7 cm³/mol. The van der Waals surface area contributed by atoms with E-state index in [1.807, 2.05) is 26.0 Å². The van der Waals surface area contributed by atoms with Crippen LogP contribution in [0.5, 0.6) is 0 Å². The molecular formula is C15H21ClN2O2S. The number of nitrogens with two attached hydrogens (primary N) is 1. The third kappa shape index (κ3) is 4.37. The zero-order chi connectivity index (χ0) is 15.6. The van der Waals surface area contributed by atoms with E-state index in [0.29, 0.717) is 23.1 Å². The molecule has 0 amide bonds. The molecule has 1 aromatic carbocycles. The minimum Gasteiger partial charge on any atom is -0.394 e. The molecule has 1 heterocycles. The lowest BCUT2D eigenvalue weighted by atomic mass is 10.0. The molecule has 1 aromatic rings. The molecule has 1 aliphatic rings. The van der Waals surface area contributed by atoms with Crippen molar-refractivity contribution in [3.05, 3.63) is 34.3 Å². The third-order valence-corrected chi connectivity index (χ3v) is 4.07. The summed E-state index contributed by atoms with van der Waals surface area (Å²) in [5.41, 5.74) is 7.12. The lowest BCUT2D eigenvalue weighted by molar-refractivity contribution is -0.150. The van der Waals surface area contributed by atoms with Crippen LogP contribution in [-0.4, -0.2) is 46.4 Å². The fourth-order valence-electron chi connectivity index (χ4n) is 2.70. The molecule has 3 N–H and O–H groups in total. The number of hydrogen-bond donors (Lipinski definition) is 2. The summed E-state index contributed by atoms with van der Waals surface area (Å²) in [5, 5.41) is 10.0. The van der Waals surface area contributed by atoms with Crippen LogP contribution < -0.4 is 5.73 Å². The molecule has 0 saturated carbocycles. The molecule has 0 radical (unpaired) electrons. The molecule has 21 heavy (non-hydrogen) atoms. The fraction of sp³-hybridized carbons (Fsp3) is 0.533. The fourth-order valence-corrected chi connectivity index (χ4v) is 3.07. The monoisotopic (exact) mass is 328 g/mol. The van der Waals surface area contributed by atoms with Crippen LogP contribution in [0.4, 0.5) is 0 Å². The first-order valence-corrected chi connectivity index (χ1v) is 7.68. The molecule has 0 spiro atoms. The first-order valence-electron chi connectivity index (χ1n) is 6.90. The number of thiocarbonyl (C=S) groups is 1. The van der Waals surface area contributed by atoms with Gasteiger partial charge in [0.1, 0.15) is 4.99 Å². The van der Waals surface area contributed by atoms with Crippen LogP contribution >= 0.6 is 23.8 Å². The van der Waals surface area contributed by atoms with Crippen molar-refractivity contribution >= 4 is 28.8 Å². The number of rotatable bonds is 4. The quantitative estimate of drug-likeness (QED) is 0.827. The van der Waals surface area contributed by atoms with Gasteiger partial charge in [0.15, 0.2) is 0 Å². The van der Waals surface area contributed by atoms with Gasteiger partial charge in [0.05, 0.1) is 18.3 Å². The average molecular weight is 329 g/mol. The van der Waals surface area contributed by atoms with E-state index in [-0.39, 0.29) is 18.3 Å². The Labute approximate surface area is 135 Å². The van der Waals surface area contributed by atoms with Crippen molar-refractivity contribution < 1.29 is 9.84 Å². The third-order valence-electron chi connectivity index (χ3n) is 3.49. The van der Waals surface area contributed by atoms with Gasteiger partial charge in [-0.25, -0.2) is 0 Å². The minimum absolute atomic E-state index is 0.0219. The van der Waals surface area contributed by atoms with Crippen molar-refractivity contribution in [3.63, 3.8) is 0 Å². The summed E-state index contributed by atoms with van der Waals surface area (Å²) in [5.74, 6) is 0. The molecule has 2 rings (SSSR count). The average Bonchev–Trinajstić information content (AvgIpc) is 2.39. The summed E-state index contributed by atoms with van der Waals surface area (Å²) < 4.78 is 5.81. The molecule has 0 aliphatic carbocycles. The first-order chi connectivity index (χ1) is 9.80. The Bertz CT molecular complexity index is 536. The van der Waals surface area contributed by atoms with E-state index < -0.39 is 0 Å². The summed E-state index contributed by atoms with van der Waals surface area (Å²) in [6.45, 7) is 6.26. The lowest BCUT2D eigenvalue weighted by Crippen LogP contribution is -2.53. The van der Waals surface area contributed by atoms with E-state index in [4.69, 9.17) is 34.3 Å². The van der Waals surface area contributed by atoms with Crippen molar-refractivity contribution in [3.8, 4) is 0 Å². The Hall–Kier alpha value is -0.720. The molecule has 0 bridgehead atoms. The van der Waals surface area contributed by atoms with Crippen molar-refractivity contribution in [2.45, 2.75) is 32.1 Å². The molecule has 116 valence electrons. The SMILES string of the molecule is CC1(C)CN(Cc2ccc(C(N)=S)cc2Cl)CC(CO)O1. The second-order valence-corrected chi connectivity index (χ2v) is 6.87. The topological polar surface area (TPSA) is 58.7 Å². The summed E-state index contributed by atoms with van der Waals surface area (Å²) >= 11 is 11.3. The van der Waals surface area contributed by atoms with Crippen molar-refractivity contribution in [2.24, 2.45) is 5.73 Å². The first kappa shape index (κ1) is 16.6. The molecule has 1 atom stereocenters. The normalized spacial score (nSPS) is 22.2. The van der Waals surface area contributed by atoms with Gasteiger partial charge in [-0.15, -0.1) is 0 Å². The van der Waals surface area contributed by atoms with E-state index in [1.165, 1.54) is 0 Å². The highest BCUT2D eigenvalue weighted by molar-refractivity contribution is 7.80. The highest BCUT2D eigenvalue weighted by Gasteiger charge is 2.33. The Morgan fingerprint density at radius 1 is 1.57 bits per heavy atom. The lowest BCUT2D eigenvalue weighted by Gasteiger charge is -2.42. The predicted octanol–water partition coefficient (Wildman–Crippen LogP) is 1.95. The van der Waals surface area contributed by atoms with Crippen molar-refractivity contribution in [1.29, 1.82) is 0 Å². The van der Waals surface area contributed by atoms with Gasteiger partial charge < -0.3 is 15.6 Å². The van der Waals surface area contributed by atoms with Gasteiger partial charge >= 0.3 is 0 Å². The summed E-state index contributed by atoms with van der Waals surface area (Å²) in [4.78, 5) is 2.59. The number of aliphatic hydroxyl groups is 1. The largest absolute Gasteiger partial charge is 0.394 e. The van der Waals surface area contributed by atoms with E-state index in [1.54, 1.807) is 6.07 Å². The Balaban J connectivity index is 2.12. The second kappa shape index (κ2) is 6.58. The van der Waals surface area contributed by atoms with Gasteiger partial charge in [-0.1, -0.05) is 36.0 Å².